The van der Waals surface area contributed by atoms with Crippen LogP contribution in [0.5, 0.6) is 0 Å². The van der Waals surface area contributed by atoms with Gasteiger partial charge in [-0.25, -0.2) is 0 Å². The van der Waals surface area contributed by atoms with Gasteiger partial charge in [0.25, 0.3) is 0 Å². The van der Waals surface area contributed by atoms with E-state index in [4.69, 9.17) is 16.3 Å². The molecule has 0 radical (unpaired) electrons. The summed E-state index contributed by atoms with van der Waals surface area (Å²) in [5.74, 6) is 0.719. The Balaban J connectivity index is 0.00000338. The highest BCUT2D eigenvalue weighted by Crippen LogP contribution is 2.26. The van der Waals surface area contributed by atoms with Gasteiger partial charge in [0.1, 0.15) is 6.10 Å². The van der Waals surface area contributed by atoms with Gasteiger partial charge >= 0.3 is 0 Å². The van der Waals surface area contributed by atoms with Crippen LogP contribution in [0.4, 0.5) is 0 Å². The van der Waals surface area contributed by atoms with Gasteiger partial charge in [-0.1, -0.05) is 11.6 Å². The number of halogens is 2. The molecule has 0 bridgehead atoms. The summed E-state index contributed by atoms with van der Waals surface area (Å²) in [6.45, 7) is 10.8. The summed E-state index contributed by atoms with van der Waals surface area (Å²) in [4.78, 5) is 7.95. The van der Waals surface area contributed by atoms with Crippen molar-refractivity contribution >= 4 is 52.9 Å². The average Bonchev–Trinajstić information content (AvgIpc) is 3.03. The lowest BCUT2D eigenvalue weighted by atomic mass is 10.2. The highest BCUT2D eigenvalue weighted by Gasteiger charge is 2.23. The molecule has 0 aromatic carbocycles. The molecule has 9 heteroatoms. The van der Waals surface area contributed by atoms with E-state index in [2.05, 4.69) is 34.4 Å². The van der Waals surface area contributed by atoms with Gasteiger partial charge in [-0.05, 0) is 32.9 Å². The van der Waals surface area contributed by atoms with Crippen molar-refractivity contribution in [1.82, 2.24) is 15.5 Å². The molecule has 6 nitrogen and oxygen atoms in total. The summed E-state index contributed by atoms with van der Waals surface area (Å²) in [5, 5.41) is 16.7. The molecule has 1 saturated heterocycles. The van der Waals surface area contributed by atoms with Crippen molar-refractivity contribution in [3.63, 3.8) is 0 Å². The van der Waals surface area contributed by atoms with Crippen LogP contribution in [0.2, 0.25) is 4.34 Å². The number of guanidine groups is 1. The van der Waals surface area contributed by atoms with Crippen LogP contribution in [0.1, 0.15) is 31.8 Å². The van der Waals surface area contributed by atoms with Crippen LogP contribution in [0.3, 0.4) is 0 Å². The standard InChI is InChI=1S/C17H29ClN4O2S.HI/c1-4-19-17(21-10-14(23)15-5-6-16(18)25-15)20-9-12(2)22-7-8-24-11-13(22)3;/h5-6,12-14,23H,4,7-11H2,1-3H3,(H2,19,20,21);1H. The molecule has 0 saturated carbocycles. The van der Waals surface area contributed by atoms with E-state index >= 15 is 0 Å². The average molecular weight is 517 g/mol. The maximum absolute atomic E-state index is 10.3. The zero-order chi connectivity index (χ0) is 18.2. The topological polar surface area (TPSA) is 69.1 Å². The summed E-state index contributed by atoms with van der Waals surface area (Å²) in [7, 11) is 0. The zero-order valence-corrected chi connectivity index (χ0v) is 19.5. The largest absolute Gasteiger partial charge is 0.386 e. The van der Waals surface area contributed by atoms with Gasteiger partial charge in [-0.2, -0.15) is 0 Å². The molecule has 2 heterocycles. The van der Waals surface area contributed by atoms with Crippen LogP contribution in [-0.4, -0.2) is 67.4 Å². The Bertz CT molecular complexity index is 561. The molecule has 1 fully saturated rings. The molecule has 1 aromatic heterocycles. The molecule has 3 atom stereocenters. The molecule has 1 aliphatic heterocycles. The number of aliphatic imine (C=N–C) groups is 1. The zero-order valence-electron chi connectivity index (χ0n) is 15.6. The number of hydrogen-bond acceptors (Lipinski definition) is 5. The van der Waals surface area contributed by atoms with Crippen LogP contribution in [0, 0.1) is 0 Å². The van der Waals surface area contributed by atoms with E-state index < -0.39 is 6.10 Å². The van der Waals surface area contributed by atoms with E-state index in [0.29, 0.717) is 29.5 Å². The second-order valence-corrected chi connectivity index (χ2v) is 8.02. The van der Waals surface area contributed by atoms with Crippen molar-refractivity contribution in [2.75, 3.05) is 39.4 Å². The Morgan fingerprint density at radius 2 is 2.27 bits per heavy atom. The first-order chi connectivity index (χ1) is 12.0. The summed E-state index contributed by atoms with van der Waals surface area (Å²) in [6.07, 6.45) is -0.599. The second kappa shape index (κ2) is 12.4. The lowest BCUT2D eigenvalue weighted by Crippen LogP contribution is -2.49. The van der Waals surface area contributed by atoms with Crippen LogP contribution in [0.15, 0.2) is 17.1 Å². The molecule has 0 spiro atoms. The van der Waals surface area contributed by atoms with Gasteiger partial charge < -0.3 is 20.5 Å². The quantitative estimate of drug-likeness (QED) is 0.295. The Morgan fingerprint density at radius 1 is 1.50 bits per heavy atom. The summed E-state index contributed by atoms with van der Waals surface area (Å²) in [5.41, 5.74) is 0. The van der Waals surface area contributed by atoms with Crippen molar-refractivity contribution in [1.29, 1.82) is 0 Å². The highest BCUT2D eigenvalue weighted by molar-refractivity contribution is 14.0. The van der Waals surface area contributed by atoms with E-state index in [1.807, 2.05) is 13.0 Å². The Hall–Kier alpha value is -0.130. The maximum atomic E-state index is 10.3. The van der Waals surface area contributed by atoms with Gasteiger partial charge in [-0.15, -0.1) is 35.3 Å². The summed E-state index contributed by atoms with van der Waals surface area (Å²) < 4.78 is 6.18. The minimum absolute atomic E-state index is 0. The molecule has 0 amide bonds. The first-order valence-electron chi connectivity index (χ1n) is 8.80. The van der Waals surface area contributed by atoms with Crippen LogP contribution >= 0.6 is 46.9 Å². The number of thiophene rings is 1. The van der Waals surface area contributed by atoms with Gasteiger partial charge in [0.15, 0.2) is 5.96 Å². The normalized spacial score (nSPS) is 21.0. The first-order valence-corrected chi connectivity index (χ1v) is 9.99. The Kier molecular flexibility index (Phi) is 11.4. The monoisotopic (exact) mass is 516 g/mol. The fourth-order valence-corrected chi connectivity index (χ4v) is 3.91. The van der Waals surface area contributed by atoms with Crippen molar-refractivity contribution in [2.24, 2.45) is 4.99 Å². The molecule has 3 N–H and O–H groups in total. The molecule has 150 valence electrons. The van der Waals surface area contributed by atoms with E-state index in [-0.39, 0.29) is 24.0 Å². The summed E-state index contributed by atoms with van der Waals surface area (Å²) in [6, 6.07) is 4.41. The van der Waals surface area contributed by atoms with E-state index in [1.165, 1.54) is 11.3 Å². The smallest absolute Gasteiger partial charge is 0.191 e. The lowest BCUT2D eigenvalue weighted by Gasteiger charge is -2.37. The number of nitrogens with one attached hydrogen (secondary N) is 2. The Labute approximate surface area is 182 Å². The number of morpholine rings is 1. The van der Waals surface area contributed by atoms with Crippen LogP contribution in [0.25, 0.3) is 0 Å². The minimum Gasteiger partial charge on any atom is -0.386 e. The number of ether oxygens (including phenoxy) is 1. The highest BCUT2D eigenvalue weighted by atomic mass is 127. The van der Waals surface area contributed by atoms with Gasteiger partial charge in [-0.3, -0.25) is 9.89 Å². The molecule has 3 unspecified atom stereocenters. The third-order valence-corrected chi connectivity index (χ3v) is 5.56. The predicted molar refractivity (Wildman–Crippen MR) is 120 cm³/mol. The summed E-state index contributed by atoms with van der Waals surface area (Å²) >= 11 is 7.32. The van der Waals surface area contributed by atoms with Crippen molar-refractivity contribution in [2.45, 2.75) is 39.0 Å². The fourth-order valence-electron chi connectivity index (χ4n) is 2.87. The van der Waals surface area contributed by atoms with Crippen molar-refractivity contribution < 1.29 is 9.84 Å². The molecular weight excluding hydrogens is 487 g/mol. The van der Waals surface area contributed by atoms with Gasteiger partial charge in [0.2, 0.25) is 0 Å². The number of rotatable bonds is 7. The van der Waals surface area contributed by atoms with Crippen molar-refractivity contribution in [3.05, 3.63) is 21.3 Å². The predicted octanol–water partition coefficient (Wildman–Crippen LogP) is 2.72. The number of aliphatic hydroxyl groups is 1. The number of nitrogens with zero attached hydrogens (tertiary/aromatic N) is 2. The molecule has 26 heavy (non-hydrogen) atoms. The Morgan fingerprint density at radius 3 is 2.88 bits per heavy atom. The van der Waals surface area contributed by atoms with Crippen LogP contribution < -0.4 is 10.6 Å². The molecule has 0 aliphatic carbocycles. The minimum atomic E-state index is -0.599. The van der Waals surface area contributed by atoms with Gasteiger partial charge in [0.05, 0.1) is 24.1 Å². The molecule has 1 aromatic rings. The lowest BCUT2D eigenvalue weighted by molar-refractivity contribution is -0.0165. The first kappa shape index (κ1) is 23.9. The second-order valence-electron chi connectivity index (χ2n) is 6.27. The third kappa shape index (κ3) is 7.47. The third-order valence-electron chi connectivity index (χ3n) is 4.23. The van der Waals surface area contributed by atoms with E-state index in [9.17, 15) is 5.11 Å². The molecule has 1 aliphatic rings. The number of aliphatic hydroxyl groups excluding tert-OH is 1. The molecular formula is C17H30ClIN4O2S. The SMILES string of the molecule is CCNC(=NCC(C)N1CCOCC1C)NCC(O)c1ccc(Cl)s1.I. The number of hydrogen-bond donors (Lipinski definition) is 3. The van der Waals surface area contributed by atoms with E-state index in [0.717, 1.165) is 37.1 Å². The van der Waals surface area contributed by atoms with Crippen molar-refractivity contribution in [3.8, 4) is 0 Å². The van der Waals surface area contributed by atoms with E-state index in [1.54, 1.807) is 6.07 Å². The van der Waals surface area contributed by atoms with Gasteiger partial charge in [0, 0.05) is 36.6 Å². The fraction of sp³-hybridized carbons (Fsp3) is 0.706. The molecule has 2 rings (SSSR count). The maximum Gasteiger partial charge on any atom is 0.191 e. The van der Waals surface area contributed by atoms with Crippen LogP contribution in [-0.2, 0) is 4.74 Å².